The fourth-order valence-corrected chi connectivity index (χ4v) is 1.36. The van der Waals surface area contributed by atoms with Gasteiger partial charge in [-0.1, -0.05) is 0 Å². The zero-order chi connectivity index (χ0) is 12.8. The largest absolute Gasteiger partial charge is 0.464 e. The van der Waals surface area contributed by atoms with E-state index in [1.54, 1.807) is 32.9 Å². The maximum atomic E-state index is 11.4. The Kier molecular flexibility index (Phi) is 4.46. The van der Waals surface area contributed by atoms with Crippen molar-refractivity contribution in [3.8, 4) is 6.07 Å². The first-order valence-corrected chi connectivity index (χ1v) is 5.38. The van der Waals surface area contributed by atoms with Crippen LogP contribution in [-0.2, 0) is 9.53 Å². The van der Waals surface area contributed by atoms with Gasteiger partial charge in [-0.2, -0.15) is 5.26 Å². The molecule has 0 amide bonds. The standard InChI is InChI=1S/C12H15N3O2/c1-4-17-12(16)9(3)15-11-6-10(7-13)5-8(2)14-11/h5-6,9H,4H2,1-3H3,(H,14,15). The predicted molar refractivity (Wildman–Crippen MR) is 63.4 cm³/mol. The Morgan fingerprint density at radius 2 is 2.35 bits per heavy atom. The first-order valence-electron chi connectivity index (χ1n) is 5.38. The highest BCUT2D eigenvalue weighted by molar-refractivity contribution is 5.78. The molecule has 17 heavy (non-hydrogen) atoms. The summed E-state index contributed by atoms with van der Waals surface area (Å²) in [6.45, 7) is 5.58. The van der Waals surface area contributed by atoms with Gasteiger partial charge in [-0.05, 0) is 32.9 Å². The summed E-state index contributed by atoms with van der Waals surface area (Å²) in [5.74, 6) is 0.163. The number of carbonyl (C=O) groups is 1. The number of esters is 1. The fraction of sp³-hybridized carbons (Fsp3) is 0.417. The van der Waals surface area contributed by atoms with Crippen LogP contribution in [0, 0.1) is 18.3 Å². The minimum absolute atomic E-state index is 0.339. The van der Waals surface area contributed by atoms with Gasteiger partial charge in [-0.15, -0.1) is 0 Å². The van der Waals surface area contributed by atoms with Gasteiger partial charge in [-0.3, -0.25) is 0 Å². The number of anilines is 1. The molecule has 1 atom stereocenters. The highest BCUT2D eigenvalue weighted by Gasteiger charge is 2.14. The third-order valence-corrected chi connectivity index (χ3v) is 2.09. The molecule has 1 heterocycles. The van der Waals surface area contributed by atoms with Crippen LogP contribution in [0.15, 0.2) is 12.1 Å². The Morgan fingerprint density at radius 3 is 2.94 bits per heavy atom. The second kappa shape index (κ2) is 5.85. The maximum Gasteiger partial charge on any atom is 0.328 e. The number of nitriles is 1. The molecule has 0 aliphatic rings. The molecule has 1 aromatic heterocycles. The highest BCUT2D eigenvalue weighted by Crippen LogP contribution is 2.10. The Morgan fingerprint density at radius 1 is 1.65 bits per heavy atom. The molecule has 1 N–H and O–H groups in total. The van der Waals surface area contributed by atoms with E-state index in [-0.39, 0.29) is 5.97 Å². The van der Waals surface area contributed by atoms with Crippen molar-refractivity contribution in [2.24, 2.45) is 0 Å². The highest BCUT2D eigenvalue weighted by atomic mass is 16.5. The van der Waals surface area contributed by atoms with Gasteiger partial charge in [-0.25, -0.2) is 9.78 Å². The van der Waals surface area contributed by atoms with Crippen LogP contribution in [0.1, 0.15) is 25.1 Å². The number of carbonyl (C=O) groups excluding carboxylic acids is 1. The van der Waals surface area contributed by atoms with Crippen molar-refractivity contribution >= 4 is 11.8 Å². The van der Waals surface area contributed by atoms with Crippen molar-refractivity contribution in [3.63, 3.8) is 0 Å². The first kappa shape index (κ1) is 13.0. The Bertz CT molecular complexity index is 452. The summed E-state index contributed by atoms with van der Waals surface area (Å²) in [6, 6.07) is 4.83. The normalized spacial score (nSPS) is 11.4. The Labute approximate surface area is 100 Å². The Hall–Kier alpha value is -2.09. The average molecular weight is 233 g/mol. The van der Waals surface area contributed by atoms with Crippen LogP contribution in [0.2, 0.25) is 0 Å². The molecule has 1 rings (SSSR count). The molecule has 0 fully saturated rings. The summed E-state index contributed by atoms with van der Waals surface area (Å²) in [5.41, 5.74) is 1.23. The van der Waals surface area contributed by atoms with E-state index in [1.807, 2.05) is 6.07 Å². The third-order valence-electron chi connectivity index (χ3n) is 2.09. The van der Waals surface area contributed by atoms with Gasteiger partial charge < -0.3 is 10.1 Å². The Balaban J connectivity index is 2.78. The minimum atomic E-state index is -0.490. The van der Waals surface area contributed by atoms with Crippen LogP contribution in [-0.4, -0.2) is 23.6 Å². The summed E-state index contributed by atoms with van der Waals surface area (Å²) < 4.78 is 4.87. The van der Waals surface area contributed by atoms with Crippen molar-refractivity contribution < 1.29 is 9.53 Å². The lowest BCUT2D eigenvalue weighted by Crippen LogP contribution is -2.28. The van der Waals surface area contributed by atoms with Crippen LogP contribution < -0.4 is 5.32 Å². The third kappa shape index (κ3) is 3.76. The minimum Gasteiger partial charge on any atom is -0.464 e. The molecule has 0 aliphatic carbocycles. The molecule has 1 unspecified atom stereocenters. The van der Waals surface area contributed by atoms with Gasteiger partial charge in [0.05, 0.1) is 18.2 Å². The van der Waals surface area contributed by atoms with Crippen LogP contribution in [0.25, 0.3) is 0 Å². The summed E-state index contributed by atoms with van der Waals surface area (Å²) in [5, 5.41) is 11.7. The van der Waals surface area contributed by atoms with Gasteiger partial charge in [0.25, 0.3) is 0 Å². The molecule has 0 radical (unpaired) electrons. The molecule has 0 aromatic carbocycles. The molecular formula is C12H15N3O2. The SMILES string of the molecule is CCOC(=O)C(C)Nc1cc(C#N)cc(C)n1. The second-order valence-corrected chi connectivity index (χ2v) is 3.61. The molecule has 1 aromatic rings. The van der Waals surface area contributed by atoms with Gasteiger partial charge in [0, 0.05) is 5.69 Å². The topological polar surface area (TPSA) is 75.0 Å². The molecule has 0 aliphatic heterocycles. The number of aromatic nitrogens is 1. The van der Waals surface area contributed by atoms with Crippen LogP contribution in [0.3, 0.4) is 0 Å². The number of hydrogen-bond acceptors (Lipinski definition) is 5. The summed E-state index contributed by atoms with van der Waals surface area (Å²) in [6.07, 6.45) is 0. The predicted octanol–water partition coefficient (Wildman–Crippen LogP) is 1.63. The molecule has 90 valence electrons. The fourth-order valence-electron chi connectivity index (χ4n) is 1.36. The lowest BCUT2D eigenvalue weighted by Gasteiger charge is -2.13. The van der Waals surface area contributed by atoms with Gasteiger partial charge in [0.1, 0.15) is 11.9 Å². The van der Waals surface area contributed by atoms with Crippen molar-refractivity contribution in [1.82, 2.24) is 4.98 Å². The van der Waals surface area contributed by atoms with Crippen LogP contribution >= 0.6 is 0 Å². The van der Waals surface area contributed by atoms with Crippen LogP contribution in [0.5, 0.6) is 0 Å². The summed E-state index contributed by atoms with van der Waals surface area (Å²) >= 11 is 0. The van der Waals surface area contributed by atoms with E-state index in [0.717, 1.165) is 5.69 Å². The summed E-state index contributed by atoms with van der Waals surface area (Å²) in [7, 11) is 0. The smallest absolute Gasteiger partial charge is 0.328 e. The average Bonchev–Trinajstić information content (AvgIpc) is 2.28. The quantitative estimate of drug-likeness (QED) is 0.800. The first-order chi connectivity index (χ1) is 8.06. The molecule has 0 bridgehead atoms. The monoisotopic (exact) mass is 233 g/mol. The molecule has 5 nitrogen and oxygen atoms in total. The van der Waals surface area contributed by atoms with Gasteiger partial charge in [0.15, 0.2) is 0 Å². The number of nitrogens with zero attached hydrogens (tertiary/aromatic N) is 2. The van der Waals surface area contributed by atoms with Crippen molar-refractivity contribution in [3.05, 3.63) is 23.4 Å². The van der Waals surface area contributed by atoms with E-state index in [0.29, 0.717) is 18.0 Å². The lowest BCUT2D eigenvalue weighted by molar-refractivity contribution is -0.143. The zero-order valence-electron chi connectivity index (χ0n) is 10.2. The lowest BCUT2D eigenvalue weighted by atomic mass is 10.2. The summed E-state index contributed by atoms with van der Waals surface area (Å²) in [4.78, 5) is 15.6. The van der Waals surface area contributed by atoms with Crippen molar-refractivity contribution in [2.75, 3.05) is 11.9 Å². The number of nitrogens with one attached hydrogen (secondary N) is 1. The number of hydrogen-bond donors (Lipinski definition) is 1. The molecule has 0 saturated carbocycles. The van der Waals surface area contributed by atoms with E-state index in [2.05, 4.69) is 10.3 Å². The number of rotatable bonds is 4. The van der Waals surface area contributed by atoms with E-state index in [1.165, 1.54) is 0 Å². The molecule has 0 spiro atoms. The van der Waals surface area contributed by atoms with Gasteiger partial charge in [0.2, 0.25) is 0 Å². The number of ether oxygens (including phenoxy) is 1. The van der Waals surface area contributed by atoms with Gasteiger partial charge >= 0.3 is 5.97 Å². The zero-order valence-corrected chi connectivity index (χ0v) is 10.2. The van der Waals surface area contributed by atoms with Crippen molar-refractivity contribution in [2.45, 2.75) is 26.8 Å². The molecule has 0 saturated heterocycles. The number of pyridine rings is 1. The van der Waals surface area contributed by atoms with E-state index < -0.39 is 6.04 Å². The van der Waals surface area contributed by atoms with Crippen LogP contribution in [0.4, 0.5) is 5.82 Å². The van der Waals surface area contributed by atoms with Crippen molar-refractivity contribution in [1.29, 1.82) is 5.26 Å². The van der Waals surface area contributed by atoms with E-state index in [9.17, 15) is 4.79 Å². The second-order valence-electron chi connectivity index (χ2n) is 3.61. The van der Waals surface area contributed by atoms with E-state index >= 15 is 0 Å². The molecular weight excluding hydrogens is 218 g/mol. The maximum absolute atomic E-state index is 11.4. The van der Waals surface area contributed by atoms with E-state index in [4.69, 9.17) is 10.00 Å². The number of aryl methyl sites for hydroxylation is 1. The molecule has 5 heteroatoms.